The molecule has 140 valence electrons. The van der Waals surface area contributed by atoms with Crippen molar-refractivity contribution in [1.29, 1.82) is 0 Å². The first-order valence-electron chi connectivity index (χ1n) is 8.60. The lowest BCUT2D eigenvalue weighted by Crippen LogP contribution is -2.30. The minimum absolute atomic E-state index is 0.174. The number of carboxylic acid groups (broad SMARTS) is 1. The molecule has 0 aliphatic carbocycles. The molecule has 24 heavy (non-hydrogen) atoms. The van der Waals surface area contributed by atoms with Gasteiger partial charge in [0.15, 0.2) is 0 Å². The molecule has 0 heterocycles. The van der Waals surface area contributed by atoms with Crippen molar-refractivity contribution in [3.63, 3.8) is 0 Å². The lowest BCUT2D eigenvalue weighted by Gasteiger charge is -2.18. The number of carboxylic acids is 1. The number of amides is 1. The van der Waals surface area contributed by atoms with Gasteiger partial charge in [-0.25, -0.2) is 4.79 Å². The van der Waals surface area contributed by atoms with E-state index < -0.39 is 24.3 Å². The summed E-state index contributed by atoms with van der Waals surface area (Å²) < 4.78 is 9.74. The van der Waals surface area contributed by atoms with Crippen LogP contribution in [-0.2, 0) is 19.1 Å². The van der Waals surface area contributed by atoms with Gasteiger partial charge in [0.1, 0.15) is 0 Å². The first-order valence-corrected chi connectivity index (χ1v) is 8.60. The maximum absolute atomic E-state index is 11.6. The van der Waals surface area contributed by atoms with Crippen LogP contribution in [0.3, 0.4) is 0 Å². The first-order chi connectivity index (χ1) is 11.2. The summed E-state index contributed by atoms with van der Waals surface area (Å²) in [4.78, 5) is 33.3. The molecule has 7 nitrogen and oxygen atoms in total. The average molecular weight is 345 g/mol. The molecule has 2 atom stereocenters. The summed E-state index contributed by atoms with van der Waals surface area (Å²) >= 11 is 0. The van der Waals surface area contributed by atoms with Crippen LogP contribution < -0.4 is 5.32 Å². The van der Waals surface area contributed by atoms with Crippen LogP contribution in [0.5, 0.6) is 0 Å². The number of ether oxygens (including phenoxy) is 2. The van der Waals surface area contributed by atoms with Gasteiger partial charge in [-0.3, -0.25) is 9.59 Å². The van der Waals surface area contributed by atoms with E-state index in [1.54, 1.807) is 6.92 Å². The summed E-state index contributed by atoms with van der Waals surface area (Å²) in [6.07, 6.45) is 2.08. The van der Waals surface area contributed by atoms with Crippen LogP contribution >= 0.6 is 0 Å². The van der Waals surface area contributed by atoms with Gasteiger partial charge < -0.3 is 19.9 Å². The summed E-state index contributed by atoms with van der Waals surface area (Å²) in [6.45, 7) is 7.81. The second-order valence-electron chi connectivity index (χ2n) is 6.31. The molecule has 7 heteroatoms. The summed E-state index contributed by atoms with van der Waals surface area (Å²) in [5.41, 5.74) is 0. The number of nitrogens with one attached hydrogen (secondary N) is 1. The van der Waals surface area contributed by atoms with Gasteiger partial charge in [0.25, 0.3) is 0 Å². The highest BCUT2D eigenvalue weighted by molar-refractivity contribution is 5.70. The number of carbonyl (C=O) groups is 3. The van der Waals surface area contributed by atoms with Crippen LogP contribution in [0.25, 0.3) is 0 Å². The third-order valence-electron chi connectivity index (χ3n) is 3.49. The molecule has 0 rings (SSSR count). The van der Waals surface area contributed by atoms with Crippen LogP contribution in [0.4, 0.5) is 4.79 Å². The minimum Gasteiger partial charge on any atom is -0.481 e. The number of hydrogen-bond acceptors (Lipinski definition) is 5. The molecule has 0 aromatic heterocycles. The third-order valence-corrected chi connectivity index (χ3v) is 3.49. The van der Waals surface area contributed by atoms with Crippen LogP contribution in [-0.4, -0.2) is 36.0 Å². The molecule has 0 aromatic carbocycles. The van der Waals surface area contributed by atoms with Crippen molar-refractivity contribution in [3.8, 4) is 0 Å². The Labute approximate surface area is 144 Å². The van der Waals surface area contributed by atoms with E-state index in [-0.39, 0.29) is 12.8 Å². The SMILES string of the molecule is CCC(=O)O[C@@H](C)OC(=O)NCCC[C@@H](CCC(=O)O)CC(C)C. The molecule has 0 fully saturated rings. The van der Waals surface area contributed by atoms with Crippen LogP contribution in [0.15, 0.2) is 0 Å². The zero-order chi connectivity index (χ0) is 18.5. The van der Waals surface area contributed by atoms with Gasteiger partial charge >= 0.3 is 18.0 Å². The number of esters is 1. The highest BCUT2D eigenvalue weighted by atomic mass is 16.7. The molecule has 1 amide bonds. The van der Waals surface area contributed by atoms with E-state index >= 15 is 0 Å². The molecular weight excluding hydrogens is 314 g/mol. The monoisotopic (exact) mass is 345 g/mol. The maximum atomic E-state index is 11.6. The molecule has 0 aliphatic heterocycles. The highest BCUT2D eigenvalue weighted by Crippen LogP contribution is 2.22. The zero-order valence-electron chi connectivity index (χ0n) is 15.2. The van der Waals surface area contributed by atoms with Crippen LogP contribution in [0.2, 0.25) is 0 Å². The van der Waals surface area contributed by atoms with E-state index in [9.17, 15) is 14.4 Å². The van der Waals surface area contributed by atoms with Crippen molar-refractivity contribution in [3.05, 3.63) is 0 Å². The van der Waals surface area contributed by atoms with Gasteiger partial charge in [-0.05, 0) is 37.5 Å². The quantitative estimate of drug-likeness (QED) is 0.319. The van der Waals surface area contributed by atoms with Gasteiger partial charge in [0, 0.05) is 26.3 Å². The van der Waals surface area contributed by atoms with Crippen molar-refractivity contribution in [2.24, 2.45) is 11.8 Å². The fourth-order valence-corrected chi connectivity index (χ4v) is 2.44. The second-order valence-corrected chi connectivity index (χ2v) is 6.31. The topological polar surface area (TPSA) is 102 Å². The molecule has 0 saturated carbocycles. The fourth-order valence-electron chi connectivity index (χ4n) is 2.44. The first kappa shape index (κ1) is 22.2. The van der Waals surface area contributed by atoms with Crippen molar-refractivity contribution >= 4 is 18.0 Å². The number of carbonyl (C=O) groups excluding carboxylic acids is 2. The summed E-state index contributed by atoms with van der Waals surface area (Å²) in [7, 11) is 0. The Morgan fingerprint density at radius 2 is 1.75 bits per heavy atom. The fraction of sp³-hybridized carbons (Fsp3) is 0.824. The summed E-state index contributed by atoms with van der Waals surface area (Å²) in [6, 6.07) is 0. The minimum atomic E-state index is -0.915. The summed E-state index contributed by atoms with van der Waals surface area (Å²) in [5.74, 6) is -0.356. The Morgan fingerprint density at radius 3 is 2.29 bits per heavy atom. The van der Waals surface area contributed by atoms with E-state index in [4.69, 9.17) is 14.6 Å². The van der Waals surface area contributed by atoms with Crippen molar-refractivity contribution in [2.45, 2.75) is 72.5 Å². The van der Waals surface area contributed by atoms with Gasteiger partial charge in [0.05, 0.1) is 0 Å². The molecule has 0 spiro atoms. The predicted octanol–water partition coefficient (Wildman–Crippen LogP) is 3.32. The second kappa shape index (κ2) is 12.6. The Bertz CT molecular complexity index is 397. The molecule has 0 bridgehead atoms. The normalized spacial score (nSPS) is 13.2. The molecule has 0 saturated heterocycles. The Hall–Kier alpha value is -1.79. The zero-order valence-corrected chi connectivity index (χ0v) is 15.2. The highest BCUT2D eigenvalue weighted by Gasteiger charge is 2.14. The predicted molar refractivity (Wildman–Crippen MR) is 89.4 cm³/mol. The number of aliphatic carboxylic acids is 1. The number of hydrogen-bond donors (Lipinski definition) is 2. The molecule has 2 N–H and O–H groups in total. The van der Waals surface area contributed by atoms with E-state index in [0.717, 1.165) is 19.3 Å². The molecule has 0 aliphatic rings. The van der Waals surface area contributed by atoms with Gasteiger partial charge in [-0.1, -0.05) is 20.8 Å². The van der Waals surface area contributed by atoms with Crippen molar-refractivity contribution < 1.29 is 29.0 Å². The van der Waals surface area contributed by atoms with Gasteiger partial charge in [-0.2, -0.15) is 0 Å². The molecule has 0 radical (unpaired) electrons. The molecule has 0 unspecified atom stereocenters. The van der Waals surface area contributed by atoms with Crippen molar-refractivity contribution in [2.75, 3.05) is 6.54 Å². The van der Waals surface area contributed by atoms with E-state index in [0.29, 0.717) is 24.8 Å². The number of alkyl carbamates (subject to hydrolysis) is 1. The number of rotatable bonds is 12. The Morgan fingerprint density at radius 1 is 1.08 bits per heavy atom. The third kappa shape index (κ3) is 12.7. The molecule has 0 aromatic rings. The standard InChI is InChI=1S/C17H31NO6/c1-5-16(21)23-13(4)24-17(22)18-10-6-7-14(11-12(2)3)8-9-15(19)20/h12-14H,5-11H2,1-4H3,(H,18,22)(H,19,20)/t13-,14+/m1/s1. The lowest BCUT2D eigenvalue weighted by atomic mass is 9.89. The Kier molecular flexibility index (Phi) is 11.7. The van der Waals surface area contributed by atoms with Gasteiger partial charge in [-0.15, -0.1) is 0 Å². The Balaban J connectivity index is 3.98. The van der Waals surface area contributed by atoms with E-state index in [1.165, 1.54) is 6.92 Å². The van der Waals surface area contributed by atoms with E-state index in [2.05, 4.69) is 19.2 Å². The van der Waals surface area contributed by atoms with Crippen LogP contribution in [0, 0.1) is 11.8 Å². The lowest BCUT2D eigenvalue weighted by molar-refractivity contribution is -0.164. The van der Waals surface area contributed by atoms with E-state index in [1.807, 2.05) is 0 Å². The summed E-state index contributed by atoms with van der Waals surface area (Å²) in [5, 5.41) is 11.4. The smallest absolute Gasteiger partial charge is 0.410 e. The van der Waals surface area contributed by atoms with Crippen molar-refractivity contribution in [1.82, 2.24) is 5.32 Å². The maximum Gasteiger partial charge on any atom is 0.410 e. The average Bonchev–Trinajstić information content (AvgIpc) is 2.47. The molecular formula is C17H31NO6. The van der Waals surface area contributed by atoms with Gasteiger partial charge in [0.2, 0.25) is 6.29 Å². The largest absolute Gasteiger partial charge is 0.481 e. The van der Waals surface area contributed by atoms with Crippen LogP contribution in [0.1, 0.15) is 66.2 Å².